The van der Waals surface area contributed by atoms with E-state index in [0.717, 1.165) is 30.7 Å². The number of hydrogen-bond donors (Lipinski definition) is 1. The van der Waals surface area contributed by atoms with E-state index < -0.39 is 0 Å². The fourth-order valence-electron chi connectivity index (χ4n) is 1.70. The summed E-state index contributed by atoms with van der Waals surface area (Å²) in [4.78, 5) is 4.24. The number of pyridine rings is 1. The summed E-state index contributed by atoms with van der Waals surface area (Å²) in [6, 6.07) is 3.76. The van der Waals surface area contributed by atoms with Crippen molar-refractivity contribution in [3.8, 4) is 17.6 Å². The van der Waals surface area contributed by atoms with Gasteiger partial charge < -0.3 is 9.84 Å². The number of aliphatic hydroxyl groups is 1. The van der Waals surface area contributed by atoms with Gasteiger partial charge in [-0.15, -0.1) is 0 Å². The molecule has 1 saturated carbocycles. The second-order valence-corrected chi connectivity index (χ2v) is 5.14. The number of rotatable bonds is 3. The van der Waals surface area contributed by atoms with Gasteiger partial charge >= 0.3 is 0 Å². The molecule has 96 valence electrons. The number of aromatic nitrogens is 1. The molecule has 18 heavy (non-hydrogen) atoms. The maximum Gasteiger partial charge on any atom is 0.138 e. The van der Waals surface area contributed by atoms with Crippen LogP contribution in [0.1, 0.15) is 38.8 Å². The van der Waals surface area contributed by atoms with Crippen molar-refractivity contribution in [1.82, 2.24) is 4.98 Å². The van der Waals surface area contributed by atoms with Crippen molar-refractivity contribution in [2.75, 3.05) is 0 Å². The van der Waals surface area contributed by atoms with Crippen LogP contribution in [0.25, 0.3) is 0 Å². The Bertz CT molecular complexity index is 436. The predicted molar refractivity (Wildman–Crippen MR) is 70.2 cm³/mol. The fourth-order valence-corrected chi connectivity index (χ4v) is 1.70. The highest BCUT2D eigenvalue weighted by molar-refractivity contribution is 5.31. The van der Waals surface area contributed by atoms with Crippen molar-refractivity contribution in [1.29, 1.82) is 0 Å². The van der Waals surface area contributed by atoms with Crippen molar-refractivity contribution < 1.29 is 9.84 Å². The molecule has 0 atom stereocenters. The summed E-state index contributed by atoms with van der Waals surface area (Å²) in [5.41, 5.74) is 0.775. The Kier molecular flexibility index (Phi) is 4.22. The zero-order valence-electron chi connectivity index (χ0n) is 10.9. The Labute approximate surface area is 108 Å². The second kappa shape index (κ2) is 5.88. The van der Waals surface area contributed by atoms with Gasteiger partial charge in [0, 0.05) is 19.3 Å². The van der Waals surface area contributed by atoms with E-state index in [1.807, 2.05) is 12.1 Å². The molecule has 0 saturated heterocycles. The minimum atomic E-state index is -0.191. The van der Waals surface area contributed by atoms with Crippen LogP contribution in [0, 0.1) is 17.8 Å². The monoisotopic (exact) mass is 245 g/mol. The molecule has 1 aliphatic rings. The standard InChI is InChI=1S/C15H19NO2/c1-11(2)4-3-5-12-6-7-14(10-16-12)18-15-8-13(17)9-15/h6-7,10-11,13,15,17H,4,8-9H2,1-2H3. The van der Waals surface area contributed by atoms with Crippen molar-refractivity contribution in [2.45, 2.75) is 45.3 Å². The summed E-state index contributed by atoms with van der Waals surface area (Å²) in [5.74, 6) is 7.48. The van der Waals surface area contributed by atoms with E-state index in [1.54, 1.807) is 6.20 Å². The second-order valence-electron chi connectivity index (χ2n) is 5.14. The zero-order valence-corrected chi connectivity index (χ0v) is 10.9. The number of nitrogens with zero attached hydrogens (tertiary/aromatic N) is 1. The van der Waals surface area contributed by atoms with Crippen molar-refractivity contribution in [3.63, 3.8) is 0 Å². The number of aliphatic hydroxyl groups excluding tert-OH is 1. The molecule has 0 unspecified atom stereocenters. The molecule has 1 N–H and O–H groups in total. The molecule has 1 fully saturated rings. The van der Waals surface area contributed by atoms with E-state index in [2.05, 4.69) is 30.7 Å². The number of hydrogen-bond acceptors (Lipinski definition) is 3. The van der Waals surface area contributed by atoms with Crippen LogP contribution in [0.2, 0.25) is 0 Å². The lowest BCUT2D eigenvalue weighted by Crippen LogP contribution is -2.37. The molecular weight excluding hydrogens is 226 g/mol. The quantitative estimate of drug-likeness (QED) is 0.831. The highest BCUT2D eigenvalue weighted by atomic mass is 16.5. The first kappa shape index (κ1) is 12.9. The normalized spacial score (nSPS) is 22.0. The summed E-state index contributed by atoms with van der Waals surface area (Å²) in [6.07, 6.45) is 3.97. The average molecular weight is 245 g/mol. The van der Waals surface area contributed by atoms with Gasteiger partial charge in [-0.25, -0.2) is 4.98 Å². The molecule has 1 aromatic rings. The third kappa shape index (κ3) is 3.75. The van der Waals surface area contributed by atoms with Gasteiger partial charge in [-0.3, -0.25) is 0 Å². The molecule has 0 aliphatic heterocycles. The van der Waals surface area contributed by atoms with Gasteiger partial charge in [-0.05, 0) is 24.0 Å². The molecule has 1 aliphatic carbocycles. The fraction of sp³-hybridized carbons (Fsp3) is 0.533. The van der Waals surface area contributed by atoms with Crippen molar-refractivity contribution in [2.24, 2.45) is 5.92 Å². The van der Waals surface area contributed by atoms with E-state index in [1.165, 1.54) is 0 Å². The van der Waals surface area contributed by atoms with Gasteiger partial charge in [0.1, 0.15) is 17.5 Å². The van der Waals surface area contributed by atoms with Crippen LogP contribution in [-0.2, 0) is 0 Å². The molecule has 1 heterocycles. The molecule has 0 spiro atoms. The first-order valence-electron chi connectivity index (χ1n) is 6.43. The van der Waals surface area contributed by atoms with E-state index in [4.69, 9.17) is 9.84 Å². The molecule has 1 aromatic heterocycles. The Morgan fingerprint density at radius 2 is 2.22 bits per heavy atom. The Balaban J connectivity index is 1.86. The van der Waals surface area contributed by atoms with Gasteiger partial charge in [0.25, 0.3) is 0 Å². The van der Waals surface area contributed by atoms with E-state index in [-0.39, 0.29) is 12.2 Å². The Hall–Kier alpha value is -1.53. The van der Waals surface area contributed by atoms with Crippen LogP contribution < -0.4 is 4.74 Å². The van der Waals surface area contributed by atoms with E-state index in [0.29, 0.717) is 5.92 Å². The third-order valence-electron chi connectivity index (χ3n) is 2.84. The highest BCUT2D eigenvalue weighted by Gasteiger charge is 2.28. The largest absolute Gasteiger partial charge is 0.489 e. The van der Waals surface area contributed by atoms with E-state index >= 15 is 0 Å². The lowest BCUT2D eigenvalue weighted by atomic mass is 9.92. The minimum Gasteiger partial charge on any atom is -0.489 e. The van der Waals surface area contributed by atoms with Crippen LogP contribution in [-0.4, -0.2) is 22.3 Å². The first-order chi connectivity index (χ1) is 8.63. The van der Waals surface area contributed by atoms with Crippen LogP contribution in [0.5, 0.6) is 5.75 Å². The Morgan fingerprint density at radius 1 is 1.44 bits per heavy atom. The lowest BCUT2D eigenvalue weighted by Gasteiger charge is -2.31. The zero-order chi connectivity index (χ0) is 13.0. The molecule has 3 nitrogen and oxygen atoms in total. The lowest BCUT2D eigenvalue weighted by molar-refractivity contribution is -0.0109. The molecule has 2 rings (SSSR count). The van der Waals surface area contributed by atoms with Gasteiger partial charge in [0.15, 0.2) is 0 Å². The highest BCUT2D eigenvalue weighted by Crippen LogP contribution is 2.25. The van der Waals surface area contributed by atoms with Gasteiger partial charge in [0.2, 0.25) is 0 Å². The van der Waals surface area contributed by atoms with Crippen LogP contribution in [0.3, 0.4) is 0 Å². The summed E-state index contributed by atoms with van der Waals surface area (Å²) >= 11 is 0. The predicted octanol–water partition coefficient (Wildman–Crippen LogP) is 2.38. The third-order valence-corrected chi connectivity index (χ3v) is 2.84. The van der Waals surface area contributed by atoms with Gasteiger partial charge in [0.05, 0.1) is 12.3 Å². The summed E-state index contributed by atoms with van der Waals surface area (Å²) < 4.78 is 5.65. The summed E-state index contributed by atoms with van der Waals surface area (Å²) in [5, 5.41) is 9.17. The molecule has 0 amide bonds. The molecule has 0 bridgehead atoms. The molecule has 0 radical (unpaired) electrons. The van der Waals surface area contributed by atoms with Crippen LogP contribution in [0.4, 0.5) is 0 Å². The SMILES string of the molecule is CC(C)CC#Cc1ccc(OC2CC(O)C2)cn1. The summed E-state index contributed by atoms with van der Waals surface area (Å²) in [7, 11) is 0. The van der Waals surface area contributed by atoms with Crippen molar-refractivity contribution >= 4 is 0 Å². The van der Waals surface area contributed by atoms with Crippen molar-refractivity contribution in [3.05, 3.63) is 24.0 Å². The topological polar surface area (TPSA) is 42.4 Å². The first-order valence-corrected chi connectivity index (χ1v) is 6.43. The minimum absolute atomic E-state index is 0.139. The summed E-state index contributed by atoms with van der Waals surface area (Å²) in [6.45, 7) is 4.29. The Morgan fingerprint density at radius 3 is 2.78 bits per heavy atom. The molecule has 3 heteroatoms. The van der Waals surface area contributed by atoms with Crippen LogP contribution in [0.15, 0.2) is 18.3 Å². The maximum absolute atomic E-state index is 9.17. The molecular formula is C15H19NO2. The van der Waals surface area contributed by atoms with Crippen LogP contribution >= 0.6 is 0 Å². The average Bonchev–Trinajstić information content (AvgIpc) is 2.29. The maximum atomic E-state index is 9.17. The van der Waals surface area contributed by atoms with E-state index in [9.17, 15) is 0 Å². The molecule has 0 aromatic carbocycles. The van der Waals surface area contributed by atoms with Gasteiger partial charge in [-0.1, -0.05) is 19.8 Å². The smallest absolute Gasteiger partial charge is 0.138 e. The number of ether oxygens (including phenoxy) is 1. The van der Waals surface area contributed by atoms with Gasteiger partial charge in [-0.2, -0.15) is 0 Å².